The number of sulfonamides is 1. The summed E-state index contributed by atoms with van der Waals surface area (Å²) in [4.78, 5) is 28.9. The summed E-state index contributed by atoms with van der Waals surface area (Å²) in [5.41, 5.74) is 0.767. The van der Waals surface area contributed by atoms with Crippen LogP contribution in [0, 0.1) is 5.82 Å². The van der Waals surface area contributed by atoms with E-state index in [1.54, 1.807) is 36.4 Å². The van der Waals surface area contributed by atoms with Gasteiger partial charge in [-0.2, -0.15) is 4.99 Å². The van der Waals surface area contributed by atoms with E-state index in [0.717, 1.165) is 15.6 Å². The number of anilines is 1. The monoisotopic (exact) mass is 513 g/mol. The summed E-state index contributed by atoms with van der Waals surface area (Å²) in [5, 5.41) is 0. The molecule has 0 atom stereocenters. The van der Waals surface area contributed by atoms with Crippen molar-refractivity contribution in [1.29, 1.82) is 0 Å². The van der Waals surface area contributed by atoms with E-state index < -0.39 is 27.7 Å². The van der Waals surface area contributed by atoms with Gasteiger partial charge >= 0.3 is 5.97 Å². The smallest absolute Gasteiger partial charge is 0.325 e. The number of halogens is 1. The third-order valence-corrected chi connectivity index (χ3v) is 8.09. The van der Waals surface area contributed by atoms with Crippen LogP contribution in [0.3, 0.4) is 0 Å². The van der Waals surface area contributed by atoms with E-state index in [0.29, 0.717) is 10.4 Å². The number of fused-ring (bicyclic) bond motifs is 1. The van der Waals surface area contributed by atoms with Gasteiger partial charge in [-0.15, -0.1) is 0 Å². The molecule has 0 aliphatic carbocycles. The molecular formula is C24H20FN3O5S2. The van der Waals surface area contributed by atoms with E-state index in [1.807, 2.05) is 0 Å². The number of hydrogen-bond acceptors (Lipinski definition) is 6. The van der Waals surface area contributed by atoms with Crippen molar-refractivity contribution in [3.8, 4) is 0 Å². The highest BCUT2D eigenvalue weighted by Crippen LogP contribution is 2.23. The summed E-state index contributed by atoms with van der Waals surface area (Å²) in [6.07, 6.45) is 0. The van der Waals surface area contributed by atoms with E-state index in [4.69, 9.17) is 0 Å². The maximum atomic E-state index is 14.5. The number of amides is 1. The zero-order valence-corrected chi connectivity index (χ0v) is 20.3. The first-order chi connectivity index (χ1) is 16.7. The van der Waals surface area contributed by atoms with Gasteiger partial charge in [0.25, 0.3) is 15.9 Å². The lowest BCUT2D eigenvalue weighted by molar-refractivity contribution is -0.141. The topological polar surface area (TPSA) is 98.0 Å². The fourth-order valence-corrected chi connectivity index (χ4v) is 5.61. The Morgan fingerprint density at radius 3 is 2.37 bits per heavy atom. The van der Waals surface area contributed by atoms with Crippen LogP contribution in [0.15, 0.2) is 82.7 Å². The van der Waals surface area contributed by atoms with Crippen molar-refractivity contribution in [2.45, 2.75) is 11.4 Å². The minimum absolute atomic E-state index is 0.00471. The second-order valence-corrected chi connectivity index (χ2v) is 10.4. The average Bonchev–Trinajstić information content (AvgIpc) is 3.21. The number of benzene rings is 3. The number of ether oxygens (including phenoxy) is 1. The Labute approximate surface area is 204 Å². The van der Waals surface area contributed by atoms with Crippen molar-refractivity contribution in [1.82, 2.24) is 4.57 Å². The molecule has 180 valence electrons. The second-order valence-electron chi connectivity index (χ2n) is 7.38. The number of para-hydroxylation sites is 2. The van der Waals surface area contributed by atoms with Crippen LogP contribution >= 0.6 is 11.3 Å². The molecule has 1 amide bonds. The molecule has 3 aromatic carbocycles. The predicted molar refractivity (Wildman–Crippen MR) is 130 cm³/mol. The number of esters is 1. The van der Waals surface area contributed by atoms with Crippen LogP contribution in [0.4, 0.5) is 10.1 Å². The van der Waals surface area contributed by atoms with Gasteiger partial charge in [0.1, 0.15) is 12.4 Å². The van der Waals surface area contributed by atoms with Crippen molar-refractivity contribution in [3.05, 3.63) is 89.0 Å². The highest BCUT2D eigenvalue weighted by molar-refractivity contribution is 7.92. The van der Waals surface area contributed by atoms with Crippen LogP contribution in [0.25, 0.3) is 10.2 Å². The average molecular weight is 514 g/mol. The Morgan fingerprint density at radius 1 is 1.03 bits per heavy atom. The van der Waals surface area contributed by atoms with Crippen molar-refractivity contribution in [3.63, 3.8) is 0 Å². The molecule has 11 heteroatoms. The van der Waals surface area contributed by atoms with Gasteiger partial charge < -0.3 is 9.30 Å². The largest absolute Gasteiger partial charge is 0.468 e. The van der Waals surface area contributed by atoms with Gasteiger partial charge in [0.05, 0.1) is 27.9 Å². The molecule has 1 heterocycles. The zero-order chi connectivity index (χ0) is 25.2. The molecule has 0 radical (unpaired) electrons. The van der Waals surface area contributed by atoms with Crippen LogP contribution in [-0.2, 0) is 26.1 Å². The molecule has 0 aliphatic rings. The van der Waals surface area contributed by atoms with E-state index in [-0.39, 0.29) is 27.3 Å². The van der Waals surface area contributed by atoms with Gasteiger partial charge in [-0.1, -0.05) is 35.6 Å². The lowest BCUT2D eigenvalue weighted by atomic mass is 10.2. The van der Waals surface area contributed by atoms with Crippen LogP contribution in [0.1, 0.15) is 10.4 Å². The molecule has 0 N–H and O–H groups in total. The zero-order valence-electron chi connectivity index (χ0n) is 18.7. The summed E-state index contributed by atoms with van der Waals surface area (Å²) < 4.78 is 48.0. The second kappa shape index (κ2) is 9.80. The first-order valence-corrected chi connectivity index (χ1v) is 12.6. The summed E-state index contributed by atoms with van der Waals surface area (Å²) in [6.45, 7) is -0.327. The number of hydrogen-bond donors (Lipinski definition) is 0. The van der Waals surface area contributed by atoms with Gasteiger partial charge in [0.15, 0.2) is 4.80 Å². The van der Waals surface area contributed by atoms with Crippen LogP contribution in [0.2, 0.25) is 0 Å². The van der Waals surface area contributed by atoms with Crippen LogP contribution < -0.4 is 9.11 Å². The highest BCUT2D eigenvalue weighted by Gasteiger charge is 2.22. The first-order valence-electron chi connectivity index (χ1n) is 10.3. The van der Waals surface area contributed by atoms with Gasteiger partial charge in [-0.25, -0.2) is 12.8 Å². The summed E-state index contributed by atoms with van der Waals surface area (Å²) in [6, 6.07) is 18.4. The third kappa shape index (κ3) is 4.86. The van der Waals surface area contributed by atoms with Crippen LogP contribution in [0.5, 0.6) is 0 Å². The number of methoxy groups -OCH3 is 1. The highest BCUT2D eigenvalue weighted by atomic mass is 32.2. The molecule has 4 rings (SSSR count). The van der Waals surface area contributed by atoms with Crippen molar-refractivity contribution < 1.29 is 27.1 Å². The molecule has 0 spiro atoms. The summed E-state index contributed by atoms with van der Waals surface area (Å²) in [5.74, 6) is -1.86. The van der Waals surface area contributed by atoms with E-state index >= 15 is 0 Å². The molecule has 4 aromatic rings. The quantitative estimate of drug-likeness (QED) is 0.367. The lowest BCUT2D eigenvalue weighted by Crippen LogP contribution is -2.26. The standard InChI is InChI=1S/C24H20FN3O5S2/c1-27(17-7-4-3-5-8-17)35(31,32)18-13-11-16(12-14-18)23(30)26-24-28(15-21(29)33-2)22-19(25)9-6-10-20(22)34-24/h3-14H,15H2,1-2H3. The fraction of sp³-hybridized carbons (Fsp3) is 0.125. The normalized spacial score (nSPS) is 12.0. The maximum Gasteiger partial charge on any atom is 0.325 e. The van der Waals surface area contributed by atoms with E-state index in [9.17, 15) is 22.4 Å². The molecule has 0 saturated carbocycles. The number of thiazole rings is 1. The van der Waals surface area contributed by atoms with Gasteiger partial charge in [-0.05, 0) is 48.5 Å². The van der Waals surface area contributed by atoms with Gasteiger partial charge in [0.2, 0.25) is 0 Å². The predicted octanol–water partition coefficient (Wildman–Crippen LogP) is 3.58. The van der Waals surface area contributed by atoms with E-state index in [1.165, 1.54) is 55.1 Å². The number of carbonyl (C=O) groups excluding carboxylic acids is 2. The molecule has 0 unspecified atom stereocenters. The molecule has 0 saturated heterocycles. The molecular weight excluding hydrogens is 493 g/mol. The van der Waals surface area contributed by atoms with Crippen molar-refractivity contribution in [2.75, 3.05) is 18.5 Å². The van der Waals surface area contributed by atoms with Crippen LogP contribution in [-0.4, -0.2) is 39.0 Å². The molecule has 35 heavy (non-hydrogen) atoms. The Hall–Kier alpha value is -3.83. The number of aromatic nitrogens is 1. The Kier molecular flexibility index (Phi) is 6.81. The number of rotatable bonds is 6. The third-order valence-electron chi connectivity index (χ3n) is 5.24. The first kappa shape index (κ1) is 24.3. The fourth-order valence-electron chi connectivity index (χ4n) is 3.37. The van der Waals surface area contributed by atoms with E-state index in [2.05, 4.69) is 9.73 Å². The van der Waals surface area contributed by atoms with Gasteiger partial charge in [0, 0.05) is 12.6 Å². The SMILES string of the molecule is COC(=O)Cn1c(=NC(=O)c2ccc(S(=O)(=O)N(C)c3ccccc3)cc2)sc2cccc(F)c21. The minimum Gasteiger partial charge on any atom is -0.468 e. The van der Waals surface area contributed by atoms with Gasteiger partial charge in [-0.3, -0.25) is 13.9 Å². The van der Waals surface area contributed by atoms with Crippen molar-refractivity contribution in [2.24, 2.45) is 4.99 Å². The number of carbonyl (C=O) groups is 2. The lowest BCUT2D eigenvalue weighted by Gasteiger charge is -2.19. The molecule has 8 nitrogen and oxygen atoms in total. The molecule has 0 aliphatic heterocycles. The minimum atomic E-state index is -3.84. The summed E-state index contributed by atoms with van der Waals surface area (Å²) in [7, 11) is -1.19. The Morgan fingerprint density at radius 2 is 1.71 bits per heavy atom. The molecule has 1 aromatic heterocycles. The van der Waals surface area contributed by atoms with Crippen molar-refractivity contribution >= 4 is 49.1 Å². The molecule has 0 bridgehead atoms. The maximum absolute atomic E-state index is 14.5. The Balaban J connectivity index is 1.68. The molecule has 0 fully saturated rings. The summed E-state index contributed by atoms with van der Waals surface area (Å²) >= 11 is 1.05. The Bertz CT molecular complexity index is 1580. The number of nitrogens with zero attached hydrogens (tertiary/aromatic N) is 3.